The number of carbonyl (C=O) groups is 1. The first-order valence-electron chi connectivity index (χ1n) is 5.48. The Balaban J connectivity index is 2.38. The molecular weight excluding hydrogens is 208 g/mol. The molecule has 0 amide bonds. The Labute approximate surface area is 95.4 Å². The van der Waals surface area contributed by atoms with E-state index in [4.69, 9.17) is 4.84 Å². The van der Waals surface area contributed by atoms with Crippen molar-refractivity contribution in [1.29, 1.82) is 0 Å². The molecule has 5 heteroatoms. The van der Waals surface area contributed by atoms with Crippen molar-refractivity contribution in [3.05, 3.63) is 0 Å². The van der Waals surface area contributed by atoms with Gasteiger partial charge in [0.15, 0.2) is 0 Å². The van der Waals surface area contributed by atoms with Crippen LogP contribution < -0.4 is 0 Å². The minimum atomic E-state index is -0.488. The van der Waals surface area contributed by atoms with Gasteiger partial charge in [-0.1, -0.05) is 0 Å². The summed E-state index contributed by atoms with van der Waals surface area (Å²) in [6.45, 7) is 6.70. The molecule has 0 aliphatic carbocycles. The first-order chi connectivity index (χ1) is 7.43. The molecule has 16 heavy (non-hydrogen) atoms. The molecule has 0 radical (unpaired) electrons. The fourth-order valence-corrected chi connectivity index (χ4v) is 1.39. The first kappa shape index (κ1) is 12.9. The molecule has 1 aliphatic heterocycles. The normalized spacial score (nSPS) is 18.9. The summed E-state index contributed by atoms with van der Waals surface area (Å²) in [7, 11) is 0. The lowest BCUT2D eigenvalue weighted by Crippen LogP contribution is -2.39. The number of carbonyl (C=O) groups excluding carboxylic acids is 2. The Morgan fingerprint density at radius 1 is 1.38 bits per heavy atom. The van der Waals surface area contributed by atoms with Gasteiger partial charge >= 0.3 is 5.97 Å². The van der Waals surface area contributed by atoms with Crippen LogP contribution in [-0.4, -0.2) is 36.2 Å². The Morgan fingerprint density at radius 2 is 1.94 bits per heavy atom. The van der Waals surface area contributed by atoms with Gasteiger partial charge in [0, 0.05) is 13.1 Å². The van der Waals surface area contributed by atoms with E-state index in [-0.39, 0.29) is 12.0 Å². The second-order valence-corrected chi connectivity index (χ2v) is 5.01. The number of nitrogens with zero attached hydrogens (tertiary/aromatic N) is 2. The lowest BCUT2D eigenvalue weighted by Gasteiger charge is -2.30. The quantitative estimate of drug-likeness (QED) is 0.526. The van der Waals surface area contributed by atoms with Crippen LogP contribution in [0.3, 0.4) is 0 Å². The molecule has 0 aromatic rings. The van der Waals surface area contributed by atoms with E-state index in [1.165, 1.54) is 0 Å². The third-order valence-electron chi connectivity index (χ3n) is 2.48. The van der Waals surface area contributed by atoms with E-state index < -0.39 is 5.41 Å². The number of hydroxylamine groups is 2. The molecule has 1 saturated heterocycles. The average Bonchev–Trinajstić information content (AvgIpc) is 2.20. The molecule has 5 nitrogen and oxygen atoms in total. The molecule has 0 N–H and O–H groups in total. The van der Waals surface area contributed by atoms with Gasteiger partial charge in [0.05, 0.1) is 11.5 Å². The summed E-state index contributed by atoms with van der Waals surface area (Å²) in [6, 6.07) is 0.0297. The van der Waals surface area contributed by atoms with Crippen molar-refractivity contribution >= 4 is 12.0 Å². The highest BCUT2D eigenvalue weighted by Crippen LogP contribution is 2.19. The van der Waals surface area contributed by atoms with E-state index in [2.05, 4.69) is 4.99 Å². The summed E-state index contributed by atoms with van der Waals surface area (Å²) in [6.07, 6.45) is 3.02. The predicted octanol–water partition coefficient (Wildman–Crippen LogP) is 1.29. The highest BCUT2D eigenvalue weighted by Gasteiger charge is 2.28. The molecule has 1 aliphatic rings. The number of isocyanates is 1. The lowest BCUT2D eigenvalue weighted by atomic mass is 9.98. The zero-order valence-electron chi connectivity index (χ0n) is 10.0. The van der Waals surface area contributed by atoms with Crippen LogP contribution in [0.15, 0.2) is 4.99 Å². The predicted molar refractivity (Wildman–Crippen MR) is 58.3 cm³/mol. The summed E-state index contributed by atoms with van der Waals surface area (Å²) in [4.78, 5) is 30.6. The maximum absolute atomic E-state index is 11.6. The van der Waals surface area contributed by atoms with Crippen LogP contribution in [0.1, 0.15) is 33.6 Å². The molecule has 0 saturated carbocycles. The summed E-state index contributed by atoms with van der Waals surface area (Å²) >= 11 is 0. The molecule has 0 bridgehead atoms. The van der Waals surface area contributed by atoms with Crippen LogP contribution in [0.4, 0.5) is 0 Å². The summed E-state index contributed by atoms with van der Waals surface area (Å²) in [5.41, 5.74) is -0.488. The monoisotopic (exact) mass is 226 g/mol. The largest absolute Gasteiger partial charge is 0.367 e. The topological polar surface area (TPSA) is 59.0 Å². The van der Waals surface area contributed by atoms with E-state index in [1.54, 1.807) is 11.1 Å². The van der Waals surface area contributed by atoms with Crippen LogP contribution in [0.5, 0.6) is 0 Å². The number of rotatable bonds is 2. The number of hydrogen-bond acceptors (Lipinski definition) is 5. The summed E-state index contributed by atoms with van der Waals surface area (Å²) in [5, 5.41) is 1.64. The van der Waals surface area contributed by atoms with Crippen LogP contribution in [0, 0.1) is 5.41 Å². The maximum atomic E-state index is 11.6. The highest BCUT2D eigenvalue weighted by atomic mass is 16.7. The van der Waals surface area contributed by atoms with Crippen molar-refractivity contribution in [2.24, 2.45) is 10.4 Å². The van der Waals surface area contributed by atoms with Gasteiger partial charge in [-0.2, -0.15) is 0 Å². The number of aliphatic imine (C=N–C) groups is 1. The van der Waals surface area contributed by atoms with Crippen molar-refractivity contribution in [2.75, 3.05) is 13.1 Å². The molecule has 1 fully saturated rings. The molecule has 0 aromatic carbocycles. The lowest BCUT2D eigenvalue weighted by molar-refractivity contribution is -0.204. The fraction of sp³-hybridized carbons (Fsp3) is 0.818. The summed E-state index contributed by atoms with van der Waals surface area (Å²) < 4.78 is 0. The van der Waals surface area contributed by atoms with Gasteiger partial charge in [0.2, 0.25) is 6.08 Å². The first-order valence-corrected chi connectivity index (χ1v) is 5.48. The van der Waals surface area contributed by atoms with Crippen molar-refractivity contribution < 1.29 is 14.4 Å². The molecule has 0 aromatic heterocycles. The Bertz CT molecular complexity index is 295. The van der Waals surface area contributed by atoms with Crippen LogP contribution in [0.25, 0.3) is 0 Å². The molecule has 1 rings (SSSR count). The number of piperidine rings is 1. The molecule has 0 atom stereocenters. The SMILES string of the molecule is CC(C)(C)C(=O)ON1CCC(N=C=O)CC1. The standard InChI is InChI=1S/C11H18N2O3/c1-11(2,3)10(15)16-13-6-4-9(5-7-13)12-8-14/h9H,4-7H2,1-3H3. The molecule has 0 unspecified atom stereocenters. The molecule has 0 spiro atoms. The van der Waals surface area contributed by atoms with Crippen molar-refractivity contribution in [3.63, 3.8) is 0 Å². The van der Waals surface area contributed by atoms with Crippen LogP contribution >= 0.6 is 0 Å². The van der Waals surface area contributed by atoms with Gasteiger partial charge in [-0.05, 0) is 33.6 Å². The third kappa shape index (κ3) is 3.76. The maximum Gasteiger partial charge on any atom is 0.330 e. The van der Waals surface area contributed by atoms with Crippen molar-refractivity contribution in [2.45, 2.75) is 39.7 Å². The van der Waals surface area contributed by atoms with E-state index in [1.807, 2.05) is 20.8 Å². The van der Waals surface area contributed by atoms with E-state index >= 15 is 0 Å². The number of hydrogen-bond donors (Lipinski definition) is 0. The van der Waals surface area contributed by atoms with Crippen molar-refractivity contribution in [1.82, 2.24) is 5.06 Å². The van der Waals surface area contributed by atoms with Crippen LogP contribution in [-0.2, 0) is 14.4 Å². The summed E-state index contributed by atoms with van der Waals surface area (Å²) in [5.74, 6) is -0.232. The van der Waals surface area contributed by atoms with E-state index in [0.29, 0.717) is 13.1 Å². The zero-order valence-corrected chi connectivity index (χ0v) is 10.0. The minimum Gasteiger partial charge on any atom is -0.367 e. The Morgan fingerprint density at radius 3 is 2.38 bits per heavy atom. The smallest absolute Gasteiger partial charge is 0.330 e. The van der Waals surface area contributed by atoms with Gasteiger partial charge < -0.3 is 4.84 Å². The second kappa shape index (κ2) is 5.23. The highest BCUT2D eigenvalue weighted by molar-refractivity contribution is 5.75. The van der Waals surface area contributed by atoms with Gasteiger partial charge in [-0.15, -0.1) is 5.06 Å². The Hall–Kier alpha value is -1.19. The zero-order chi connectivity index (χ0) is 12.2. The molecule has 90 valence electrons. The molecular formula is C11H18N2O3. The fourth-order valence-electron chi connectivity index (χ4n) is 1.39. The van der Waals surface area contributed by atoms with Gasteiger partial charge in [-0.3, -0.25) is 0 Å². The average molecular weight is 226 g/mol. The van der Waals surface area contributed by atoms with Gasteiger partial charge in [-0.25, -0.2) is 14.6 Å². The Kier molecular flexibility index (Phi) is 4.21. The van der Waals surface area contributed by atoms with Gasteiger partial charge in [0.25, 0.3) is 0 Å². The van der Waals surface area contributed by atoms with Crippen LogP contribution in [0.2, 0.25) is 0 Å². The minimum absolute atomic E-state index is 0.0297. The van der Waals surface area contributed by atoms with Crippen molar-refractivity contribution in [3.8, 4) is 0 Å². The van der Waals surface area contributed by atoms with E-state index in [9.17, 15) is 9.59 Å². The third-order valence-corrected chi connectivity index (χ3v) is 2.48. The van der Waals surface area contributed by atoms with E-state index in [0.717, 1.165) is 12.8 Å². The second-order valence-electron chi connectivity index (χ2n) is 5.01. The molecule has 1 heterocycles. The van der Waals surface area contributed by atoms with Gasteiger partial charge in [0.1, 0.15) is 0 Å².